The molecule has 0 aliphatic carbocycles. The van der Waals surface area contributed by atoms with Gasteiger partial charge in [-0.25, -0.2) is 4.98 Å². The predicted molar refractivity (Wildman–Crippen MR) is 72.5 cm³/mol. The van der Waals surface area contributed by atoms with Crippen LogP contribution in [0.25, 0.3) is 0 Å². The molecule has 1 aromatic heterocycles. The Morgan fingerprint density at radius 1 is 1.00 bits per heavy atom. The lowest BCUT2D eigenvalue weighted by Gasteiger charge is -2.13. The molecule has 2 aromatic rings. The summed E-state index contributed by atoms with van der Waals surface area (Å²) in [6, 6.07) is 5.73. The second-order valence-corrected chi connectivity index (χ2v) is 4.72. The fourth-order valence-corrected chi connectivity index (χ4v) is 1.96. The zero-order chi connectivity index (χ0) is 13.3. The molecule has 94 valence electrons. The highest BCUT2D eigenvalue weighted by atomic mass is 35.5. The first kappa shape index (κ1) is 12.8. The summed E-state index contributed by atoms with van der Waals surface area (Å²) in [6.07, 6.45) is 0. The number of benzene rings is 1. The monoisotopic (exact) mass is 262 g/mol. The summed E-state index contributed by atoms with van der Waals surface area (Å²) in [5.74, 6) is 1.91. The van der Waals surface area contributed by atoms with Crippen LogP contribution in [0.1, 0.15) is 22.5 Å². The van der Waals surface area contributed by atoms with Crippen molar-refractivity contribution >= 4 is 11.6 Å². The first-order valence-electron chi connectivity index (χ1n) is 5.73. The molecule has 1 heterocycles. The van der Waals surface area contributed by atoms with Crippen LogP contribution in [0.5, 0.6) is 11.6 Å². The van der Waals surface area contributed by atoms with E-state index in [0.29, 0.717) is 16.9 Å². The standard InChI is InChI=1S/C14H15ClN2O/c1-8-5-6-9(2)14(10(8)3)18-13-7-12(15)16-11(4)17-13/h5-7H,1-4H3. The highest BCUT2D eigenvalue weighted by Gasteiger charge is 2.09. The van der Waals surface area contributed by atoms with E-state index in [9.17, 15) is 0 Å². The number of ether oxygens (including phenoxy) is 1. The van der Waals surface area contributed by atoms with Gasteiger partial charge in [0.05, 0.1) is 0 Å². The molecule has 0 saturated heterocycles. The second-order valence-electron chi connectivity index (χ2n) is 4.33. The van der Waals surface area contributed by atoms with Crippen molar-refractivity contribution in [1.82, 2.24) is 9.97 Å². The summed E-state index contributed by atoms with van der Waals surface area (Å²) < 4.78 is 5.85. The van der Waals surface area contributed by atoms with Crippen LogP contribution >= 0.6 is 11.6 Å². The quantitative estimate of drug-likeness (QED) is 0.763. The highest BCUT2D eigenvalue weighted by Crippen LogP contribution is 2.30. The van der Waals surface area contributed by atoms with Crippen LogP contribution in [0.3, 0.4) is 0 Å². The largest absolute Gasteiger partial charge is 0.438 e. The van der Waals surface area contributed by atoms with Crippen molar-refractivity contribution in [3.8, 4) is 11.6 Å². The minimum absolute atomic E-state index is 0.389. The number of halogens is 1. The molecule has 0 amide bonds. The van der Waals surface area contributed by atoms with E-state index in [0.717, 1.165) is 16.9 Å². The van der Waals surface area contributed by atoms with Gasteiger partial charge < -0.3 is 4.74 Å². The number of rotatable bonds is 2. The topological polar surface area (TPSA) is 35.0 Å². The number of nitrogens with zero attached hydrogens (tertiary/aromatic N) is 2. The number of hydrogen-bond acceptors (Lipinski definition) is 3. The van der Waals surface area contributed by atoms with Crippen LogP contribution in [0.2, 0.25) is 5.15 Å². The Labute approximate surface area is 112 Å². The molecule has 0 radical (unpaired) electrons. The van der Waals surface area contributed by atoms with Crippen molar-refractivity contribution in [2.75, 3.05) is 0 Å². The van der Waals surface area contributed by atoms with Crippen molar-refractivity contribution < 1.29 is 4.74 Å². The van der Waals surface area contributed by atoms with Gasteiger partial charge >= 0.3 is 0 Å². The summed E-state index contributed by atoms with van der Waals surface area (Å²) in [5.41, 5.74) is 3.38. The van der Waals surface area contributed by atoms with E-state index in [4.69, 9.17) is 16.3 Å². The Hall–Kier alpha value is -1.61. The molecule has 0 saturated carbocycles. The minimum Gasteiger partial charge on any atom is -0.438 e. The van der Waals surface area contributed by atoms with Gasteiger partial charge in [-0.1, -0.05) is 23.7 Å². The van der Waals surface area contributed by atoms with Crippen LogP contribution < -0.4 is 4.74 Å². The number of aryl methyl sites for hydroxylation is 3. The van der Waals surface area contributed by atoms with Crippen molar-refractivity contribution in [1.29, 1.82) is 0 Å². The summed E-state index contributed by atoms with van der Waals surface area (Å²) >= 11 is 5.90. The van der Waals surface area contributed by atoms with Gasteiger partial charge in [-0.3, -0.25) is 0 Å². The normalized spacial score (nSPS) is 10.5. The molecule has 3 nitrogen and oxygen atoms in total. The number of aromatic nitrogens is 2. The Morgan fingerprint density at radius 3 is 2.33 bits per heavy atom. The Balaban J connectivity index is 2.42. The molecule has 0 fully saturated rings. The second kappa shape index (κ2) is 4.94. The summed E-state index contributed by atoms with van der Waals surface area (Å²) in [6.45, 7) is 7.89. The Bertz CT molecular complexity index is 576. The molecule has 0 spiro atoms. The van der Waals surface area contributed by atoms with E-state index in [1.807, 2.05) is 19.9 Å². The molecule has 0 bridgehead atoms. The molecule has 0 unspecified atom stereocenters. The van der Waals surface area contributed by atoms with Gasteiger partial charge in [-0.05, 0) is 44.4 Å². The first-order chi connectivity index (χ1) is 8.47. The van der Waals surface area contributed by atoms with Crippen LogP contribution in [-0.2, 0) is 0 Å². The maximum atomic E-state index is 5.90. The van der Waals surface area contributed by atoms with Gasteiger partial charge in [0.1, 0.15) is 16.7 Å². The Morgan fingerprint density at radius 2 is 1.67 bits per heavy atom. The average molecular weight is 263 g/mol. The lowest BCUT2D eigenvalue weighted by molar-refractivity contribution is 0.452. The van der Waals surface area contributed by atoms with E-state index in [1.165, 1.54) is 5.56 Å². The molecule has 0 N–H and O–H groups in total. The lowest BCUT2D eigenvalue weighted by atomic mass is 10.1. The van der Waals surface area contributed by atoms with E-state index in [2.05, 4.69) is 23.0 Å². The highest BCUT2D eigenvalue weighted by molar-refractivity contribution is 6.29. The van der Waals surface area contributed by atoms with E-state index in [-0.39, 0.29) is 0 Å². The maximum Gasteiger partial charge on any atom is 0.224 e. The van der Waals surface area contributed by atoms with Gasteiger partial charge in [-0.2, -0.15) is 4.98 Å². The van der Waals surface area contributed by atoms with Crippen molar-refractivity contribution in [3.63, 3.8) is 0 Å². The third kappa shape index (κ3) is 2.62. The predicted octanol–water partition coefficient (Wildman–Crippen LogP) is 4.16. The number of hydrogen-bond donors (Lipinski definition) is 0. The van der Waals surface area contributed by atoms with Crippen LogP contribution in [0.4, 0.5) is 0 Å². The van der Waals surface area contributed by atoms with Crippen molar-refractivity contribution in [2.24, 2.45) is 0 Å². The lowest BCUT2D eigenvalue weighted by Crippen LogP contribution is -1.97. The molecule has 18 heavy (non-hydrogen) atoms. The van der Waals surface area contributed by atoms with E-state index < -0.39 is 0 Å². The molecule has 0 aliphatic heterocycles. The first-order valence-corrected chi connectivity index (χ1v) is 6.11. The molecular weight excluding hydrogens is 248 g/mol. The summed E-state index contributed by atoms with van der Waals surface area (Å²) in [4.78, 5) is 8.24. The molecule has 1 aromatic carbocycles. The smallest absolute Gasteiger partial charge is 0.224 e. The van der Waals surface area contributed by atoms with Crippen LogP contribution in [-0.4, -0.2) is 9.97 Å². The van der Waals surface area contributed by atoms with Gasteiger partial charge in [0.15, 0.2) is 0 Å². The summed E-state index contributed by atoms with van der Waals surface area (Å²) in [7, 11) is 0. The van der Waals surface area contributed by atoms with Crippen molar-refractivity contribution in [2.45, 2.75) is 27.7 Å². The summed E-state index contributed by atoms with van der Waals surface area (Å²) in [5, 5.41) is 0.389. The molecule has 4 heteroatoms. The van der Waals surface area contributed by atoms with Gasteiger partial charge in [0, 0.05) is 6.07 Å². The minimum atomic E-state index is 0.389. The zero-order valence-corrected chi connectivity index (χ0v) is 11.7. The third-order valence-corrected chi connectivity index (χ3v) is 3.06. The molecule has 0 aliphatic rings. The Kier molecular flexibility index (Phi) is 3.53. The SMILES string of the molecule is Cc1nc(Cl)cc(Oc2c(C)ccc(C)c2C)n1. The fraction of sp³-hybridized carbons (Fsp3) is 0.286. The molecular formula is C14H15ClN2O. The molecule has 0 atom stereocenters. The van der Waals surface area contributed by atoms with Crippen LogP contribution in [0, 0.1) is 27.7 Å². The zero-order valence-electron chi connectivity index (χ0n) is 10.9. The van der Waals surface area contributed by atoms with Gasteiger partial charge in [0.25, 0.3) is 0 Å². The van der Waals surface area contributed by atoms with E-state index >= 15 is 0 Å². The maximum absolute atomic E-state index is 5.90. The molecule has 2 rings (SSSR count). The third-order valence-electron chi connectivity index (χ3n) is 2.86. The van der Waals surface area contributed by atoms with Gasteiger partial charge in [0.2, 0.25) is 5.88 Å². The fourth-order valence-electron chi connectivity index (χ4n) is 1.74. The van der Waals surface area contributed by atoms with Crippen LogP contribution in [0.15, 0.2) is 18.2 Å². The van der Waals surface area contributed by atoms with Crippen molar-refractivity contribution in [3.05, 3.63) is 45.9 Å². The van der Waals surface area contributed by atoms with Gasteiger partial charge in [-0.15, -0.1) is 0 Å². The van der Waals surface area contributed by atoms with E-state index in [1.54, 1.807) is 13.0 Å². The average Bonchev–Trinajstić information content (AvgIpc) is 2.28.